The summed E-state index contributed by atoms with van der Waals surface area (Å²) in [4.78, 5) is 26.1. The van der Waals surface area contributed by atoms with Crippen molar-refractivity contribution in [3.8, 4) is 5.75 Å². The van der Waals surface area contributed by atoms with Crippen LogP contribution in [0.15, 0.2) is 53.3 Å². The van der Waals surface area contributed by atoms with E-state index < -0.39 is 0 Å². The predicted molar refractivity (Wildman–Crippen MR) is 121 cm³/mol. The number of benzene rings is 1. The van der Waals surface area contributed by atoms with Crippen molar-refractivity contribution in [3.63, 3.8) is 0 Å². The number of halogens is 1. The molecule has 0 atom stereocenters. The molecule has 8 heteroatoms. The van der Waals surface area contributed by atoms with E-state index >= 15 is 0 Å². The normalized spacial score (nSPS) is 15.3. The van der Waals surface area contributed by atoms with E-state index in [-0.39, 0.29) is 5.91 Å². The van der Waals surface area contributed by atoms with Gasteiger partial charge in [0.1, 0.15) is 18.1 Å². The number of ether oxygens (including phenoxy) is 1. The van der Waals surface area contributed by atoms with E-state index in [0.29, 0.717) is 29.3 Å². The molecule has 1 amide bonds. The van der Waals surface area contributed by atoms with Crippen LogP contribution in [0.2, 0.25) is 0 Å². The molecule has 0 spiro atoms. The fourth-order valence-corrected chi connectivity index (χ4v) is 3.81. The molecular formula is C22H24BrN5O2. The van der Waals surface area contributed by atoms with Crippen LogP contribution in [0, 0.1) is 0 Å². The number of anilines is 1. The summed E-state index contributed by atoms with van der Waals surface area (Å²) in [5.74, 6) is 0.377. The number of aromatic nitrogens is 2. The summed E-state index contributed by atoms with van der Waals surface area (Å²) in [6, 6.07) is 11.0. The molecule has 0 unspecified atom stereocenters. The molecule has 1 saturated heterocycles. The molecule has 4 rings (SSSR count). The van der Waals surface area contributed by atoms with E-state index in [0.717, 1.165) is 42.6 Å². The number of rotatable bonds is 6. The zero-order valence-electron chi connectivity index (χ0n) is 16.8. The summed E-state index contributed by atoms with van der Waals surface area (Å²) in [6.45, 7) is 5.71. The minimum absolute atomic E-state index is 0.282. The molecule has 3 aromatic rings. The number of carbonyl (C=O) groups is 1. The SMILES string of the molecule is CN1CCN(CCOc2ccccc2NC(=O)c2ccc3cncc(Br)c3n2)CC1. The van der Waals surface area contributed by atoms with Crippen molar-refractivity contribution >= 4 is 38.4 Å². The van der Waals surface area contributed by atoms with Crippen molar-refractivity contribution in [1.82, 2.24) is 19.8 Å². The summed E-state index contributed by atoms with van der Waals surface area (Å²) in [5.41, 5.74) is 1.67. The molecule has 1 aromatic carbocycles. The van der Waals surface area contributed by atoms with Crippen LogP contribution >= 0.6 is 15.9 Å². The minimum atomic E-state index is -0.282. The van der Waals surface area contributed by atoms with Crippen molar-refractivity contribution in [2.45, 2.75) is 0 Å². The van der Waals surface area contributed by atoms with Gasteiger partial charge in [0.25, 0.3) is 5.91 Å². The number of carbonyl (C=O) groups excluding carboxylic acids is 1. The van der Waals surface area contributed by atoms with Gasteiger partial charge in [0.2, 0.25) is 0 Å². The Morgan fingerprint density at radius 1 is 1.13 bits per heavy atom. The molecule has 156 valence electrons. The number of nitrogens with zero attached hydrogens (tertiary/aromatic N) is 4. The van der Waals surface area contributed by atoms with Crippen LogP contribution in [-0.2, 0) is 0 Å². The van der Waals surface area contributed by atoms with Crippen LogP contribution in [0.5, 0.6) is 5.75 Å². The quantitative estimate of drug-likeness (QED) is 0.597. The Balaban J connectivity index is 1.41. The molecule has 30 heavy (non-hydrogen) atoms. The number of hydrogen-bond acceptors (Lipinski definition) is 6. The number of pyridine rings is 2. The topological polar surface area (TPSA) is 70.6 Å². The molecule has 0 radical (unpaired) electrons. The van der Waals surface area contributed by atoms with Crippen LogP contribution in [0.1, 0.15) is 10.5 Å². The molecule has 0 aliphatic carbocycles. The van der Waals surface area contributed by atoms with Gasteiger partial charge in [0, 0.05) is 50.5 Å². The van der Waals surface area contributed by atoms with Gasteiger partial charge in [-0.05, 0) is 47.2 Å². The Morgan fingerprint density at radius 3 is 2.77 bits per heavy atom. The van der Waals surface area contributed by atoms with E-state index in [1.54, 1.807) is 18.5 Å². The monoisotopic (exact) mass is 469 g/mol. The van der Waals surface area contributed by atoms with Crippen LogP contribution in [0.25, 0.3) is 10.9 Å². The van der Waals surface area contributed by atoms with E-state index in [1.165, 1.54) is 0 Å². The average Bonchev–Trinajstić information content (AvgIpc) is 2.76. The van der Waals surface area contributed by atoms with E-state index in [2.05, 4.69) is 48.1 Å². The predicted octanol–water partition coefficient (Wildman–Crippen LogP) is 3.27. The first-order valence-electron chi connectivity index (χ1n) is 9.94. The van der Waals surface area contributed by atoms with E-state index in [1.807, 2.05) is 30.3 Å². The first-order chi connectivity index (χ1) is 14.6. The zero-order chi connectivity index (χ0) is 20.9. The van der Waals surface area contributed by atoms with Crippen molar-refractivity contribution in [1.29, 1.82) is 0 Å². The molecule has 2 aromatic heterocycles. The maximum atomic E-state index is 12.8. The largest absolute Gasteiger partial charge is 0.490 e. The number of likely N-dealkylation sites (N-methyl/N-ethyl adjacent to an activating group) is 1. The van der Waals surface area contributed by atoms with Crippen molar-refractivity contribution in [2.75, 3.05) is 51.7 Å². The number of hydrogen-bond donors (Lipinski definition) is 1. The van der Waals surface area contributed by atoms with Gasteiger partial charge < -0.3 is 15.0 Å². The average molecular weight is 470 g/mol. The van der Waals surface area contributed by atoms with Crippen molar-refractivity contribution in [2.24, 2.45) is 0 Å². The Bertz CT molecular complexity index is 1040. The summed E-state index contributed by atoms with van der Waals surface area (Å²) in [7, 11) is 2.15. The Hall–Kier alpha value is -2.55. The van der Waals surface area contributed by atoms with Crippen LogP contribution in [0.3, 0.4) is 0 Å². The highest BCUT2D eigenvalue weighted by molar-refractivity contribution is 9.10. The number of nitrogens with one attached hydrogen (secondary N) is 1. The van der Waals surface area contributed by atoms with Crippen molar-refractivity contribution < 1.29 is 9.53 Å². The third kappa shape index (κ3) is 4.95. The summed E-state index contributed by atoms with van der Waals surface area (Å²) in [6.07, 6.45) is 3.39. The zero-order valence-corrected chi connectivity index (χ0v) is 18.4. The van der Waals surface area contributed by atoms with Gasteiger partial charge >= 0.3 is 0 Å². The summed E-state index contributed by atoms with van der Waals surface area (Å²) >= 11 is 3.44. The van der Waals surface area contributed by atoms with Gasteiger partial charge in [0.05, 0.1) is 15.7 Å². The Kier molecular flexibility index (Phi) is 6.56. The van der Waals surface area contributed by atoms with Gasteiger partial charge in [-0.1, -0.05) is 12.1 Å². The molecular weight excluding hydrogens is 446 g/mol. The molecule has 1 aliphatic heterocycles. The number of fused-ring (bicyclic) bond motifs is 1. The van der Waals surface area contributed by atoms with Crippen molar-refractivity contribution in [3.05, 3.63) is 59.0 Å². The lowest BCUT2D eigenvalue weighted by molar-refractivity contribution is 0.102. The second-order valence-corrected chi connectivity index (χ2v) is 8.19. The van der Waals surface area contributed by atoms with Gasteiger partial charge in [-0.2, -0.15) is 0 Å². The molecule has 0 saturated carbocycles. The molecule has 7 nitrogen and oxygen atoms in total. The summed E-state index contributed by atoms with van der Waals surface area (Å²) in [5, 5.41) is 3.80. The third-order valence-corrected chi connectivity index (χ3v) is 5.76. The molecule has 1 fully saturated rings. The highest BCUT2D eigenvalue weighted by atomic mass is 79.9. The second kappa shape index (κ2) is 9.51. The second-order valence-electron chi connectivity index (χ2n) is 7.33. The highest BCUT2D eigenvalue weighted by Crippen LogP contribution is 2.25. The van der Waals surface area contributed by atoms with Crippen LogP contribution in [-0.4, -0.2) is 72.1 Å². The molecule has 1 aliphatic rings. The van der Waals surface area contributed by atoms with Gasteiger partial charge in [-0.3, -0.25) is 14.7 Å². The lowest BCUT2D eigenvalue weighted by Crippen LogP contribution is -2.45. The smallest absolute Gasteiger partial charge is 0.274 e. The third-order valence-electron chi connectivity index (χ3n) is 5.18. The van der Waals surface area contributed by atoms with Crippen LogP contribution < -0.4 is 10.1 Å². The molecule has 3 heterocycles. The molecule has 0 bridgehead atoms. The van der Waals surface area contributed by atoms with Gasteiger partial charge in [0.15, 0.2) is 0 Å². The first kappa shape index (κ1) is 20.7. The maximum absolute atomic E-state index is 12.8. The van der Waals surface area contributed by atoms with E-state index in [4.69, 9.17) is 4.74 Å². The van der Waals surface area contributed by atoms with E-state index in [9.17, 15) is 4.79 Å². The maximum Gasteiger partial charge on any atom is 0.274 e. The van der Waals surface area contributed by atoms with Gasteiger partial charge in [-0.25, -0.2) is 4.98 Å². The Morgan fingerprint density at radius 2 is 1.93 bits per heavy atom. The standard InChI is InChI=1S/C22H24BrN5O2/c1-27-8-10-28(11-9-27)12-13-30-20-5-3-2-4-18(20)26-22(29)19-7-6-16-14-24-15-17(23)21(16)25-19/h2-7,14-15H,8-13H2,1H3,(H,26,29). The number of amides is 1. The first-order valence-corrected chi connectivity index (χ1v) is 10.7. The fraction of sp³-hybridized carbons (Fsp3) is 0.318. The number of piperazine rings is 1. The van der Waals surface area contributed by atoms with Crippen LogP contribution in [0.4, 0.5) is 5.69 Å². The lowest BCUT2D eigenvalue weighted by Gasteiger charge is -2.32. The Labute approximate surface area is 184 Å². The lowest BCUT2D eigenvalue weighted by atomic mass is 10.2. The van der Waals surface area contributed by atoms with Gasteiger partial charge in [-0.15, -0.1) is 0 Å². The summed E-state index contributed by atoms with van der Waals surface area (Å²) < 4.78 is 6.74. The number of para-hydroxylation sites is 2. The highest BCUT2D eigenvalue weighted by Gasteiger charge is 2.15. The fourth-order valence-electron chi connectivity index (χ4n) is 3.37. The molecule has 1 N–H and O–H groups in total. The minimum Gasteiger partial charge on any atom is -0.490 e.